The van der Waals surface area contributed by atoms with Crippen LogP contribution >= 0.6 is 0 Å². The molecule has 2 N–H and O–H groups in total. The first-order valence-electron chi connectivity index (χ1n) is 14.0. The summed E-state index contributed by atoms with van der Waals surface area (Å²) in [5, 5.41) is 37.4. The van der Waals surface area contributed by atoms with Gasteiger partial charge in [-0.1, -0.05) is 44.2 Å². The number of rotatable bonds is 9. The van der Waals surface area contributed by atoms with Crippen molar-refractivity contribution < 1.29 is 0 Å². The van der Waals surface area contributed by atoms with Gasteiger partial charge < -0.3 is 15.2 Å². The lowest BCUT2D eigenvalue weighted by atomic mass is 9.96. The first kappa shape index (κ1) is 29.0. The van der Waals surface area contributed by atoms with E-state index < -0.39 is 6.04 Å². The number of anilines is 2. The Labute approximate surface area is 249 Å². The zero-order chi connectivity index (χ0) is 30.7. The van der Waals surface area contributed by atoms with Gasteiger partial charge in [-0.25, -0.2) is 0 Å². The fourth-order valence-electron chi connectivity index (χ4n) is 5.04. The van der Waals surface area contributed by atoms with Crippen LogP contribution in [0.2, 0.25) is 0 Å². The molecule has 0 bridgehead atoms. The zero-order valence-corrected chi connectivity index (χ0v) is 24.7. The number of nitrogens with zero attached hydrogens (tertiary/aromatic N) is 7. The molecule has 10 heteroatoms. The second-order valence-electron chi connectivity index (χ2n) is 11.7. The highest BCUT2D eigenvalue weighted by molar-refractivity contribution is 5.99. The molecule has 0 saturated carbocycles. The van der Waals surface area contributed by atoms with Gasteiger partial charge in [-0.3, -0.25) is 14.5 Å². The average molecular weight is 572 g/mol. The number of nitriles is 2. The molecule has 10 nitrogen and oxygen atoms in total. The quantitative estimate of drug-likeness (QED) is 0.216. The van der Waals surface area contributed by atoms with E-state index in [1.807, 2.05) is 42.6 Å². The Hall–Kier alpha value is -5.48. The van der Waals surface area contributed by atoms with Gasteiger partial charge in [0.2, 0.25) is 0 Å². The lowest BCUT2D eigenvalue weighted by Crippen LogP contribution is -2.20. The molecule has 0 spiro atoms. The van der Waals surface area contributed by atoms with E-state index >= 15 is 0 Å². The van der Waals surface area contributed by atoms with E-state index in [4.69, 9.17) is 0 Å². The molecule has 5 rings (SSSR count). The SMILES string of the molecule is C=CCCn1cc([C@@H](Nc2cc(C#N)c3ncc(C#N)c(NCC(C)(C)C)c3c2)c2cccc3c2ccc(=O)n3C)nn1. The topological polar surface area (TPSA) is 137 Å². The minimum absolute atomic E-state index is 0.0484. The molecule has 0 saturated heterocycles. The maximum atomic E-state index is 12.4. The summed E-state index contributed by atoms with van der Waals surface area (Å²) < 4.78 is 3.38. The maximum absolute atomic E-state index is 12.4. The van der Waals surface area contributed by atoms with Crippen molar-refractivity contribution in [3.05, 3.63) is 100 Å². The fraction of sp³-hybridized carbons (Fsp3) is 0.273. The molecule has 0 radical (unpaired) electrons. The maximum Gasteiger partial charge on any atom is 0.250 e. The Morgan fingerprint density at radius 1 is 1.09 bits per heavy atom. The summed E-state index contributed by atoms with van der Waals surface area (Å²) in [6.45, 7) is 11.4. The van der Waals surface area contributed by atoms with Crippen molar-refractivity contribution in [2.24, 2.45) is 12.5 Å². The lowest BCUT2D eigenvalue weighted by molar-refractivity contribution is 0.443. The van der Waals surface area contributed by atoms with Gasteiger partial charge >= 0.3 is 0 Å². The normalized spacial score (nSPS) is 12.0. The van der Waals surface area contributed by atoms with E-state index in [1.54, 1.807) is 28.4 Å². The molecule has 3 heterocycles. The van der Waals surface area contributed by atoms with Crippen molar-refractivity contribution in [1.29, 1.82) is 10.5 Å². The molecular formula is C33H33N9O. The number of aryl methyl sites for hydroxylation is 2. The van der Waals surface area contributed by atoms with Crippen LogP contribution in [0.25, 0.3) is 21.8 Å². The van der Waals surface area contributed by atoms with E-state index in [0.717, 1.165) is 22.9 Å². The summed E-state index contributed by atoms with van der Waals surface area (Å²) >= 11 is 0. The molecule has 3 aromatic heterocycles. The van der Waals surface area contributed by atoms with E-state index in [2.05, 4.69) is 65.4 Å². The van der Waals surface area contributed by atoms with Crippen LogP contribution in [-0.4, -0.2) is 31.1 Å². The van der Waals surface area contributed by atoms with E-state index in [9.17, 15) is 15.3 Å². The van der Waals surface area contributed by atoms with E-state index in [1.165, 1.54) is 6.20 Å². The second-order valence-corrected chi connectivity index (χ2v) is 11.7. The van der Waals surface area contributed by atoms with E-state index in [-0.39, 0.29) is 11.0 Å². The Kier molecular flexibility index (Phi) is 7.96. The summed E-state index contributed by atoms with van der Waals surface area (Å²) in [5.41, 5.74) is 4.74. The predicted molar refractivity (Wildman–Crippen MR) is 169 cm³/mol. The van der Waals surface area contributed by atoms with Gasteiger partial charge in [0.15, 0.2) is 0 Å². The van der Waals surface area contributed by atoms with Gasteiger partial charge in [0.05, 0.1) is 40.1 Å². The third-order valence-electron chi connectivity index (χ3n) is 7.25. The van der Waals surface area contributed by atoms with Crippen molar-refractivity contribution in [1.82, 2.24) is 24.5 Å². The van der Waals surface area contributed by atoms with Crippen LogP contribution in [0, 0.1) is 28.1 Å². The van der Waals surface area contributed by atoms with Crippen molar-refractivity contribution >= 4 is 33.2 Å². The molecular weight excluding hydrogens is 538 g/mol. The summed E-state index contributed by atoms with van der Waals surface area (Å²) in [7, 11) is 1.75. The highest BCUT2D eigenvalue weighted by atomic mass is 16.1. The van der Waals surface area contributed by atoms with Crippen LogP contribution in [0.5, 0.6) is 0 Å². The molecule has 0 aliphatic rings. The minimum atomic E-state index is -0.485. The summed E-state index contributed by atoms with van der Waals surface area (Å²) in [6, 6.07) is 16.9. The van der Waals surface area contributed by atoms with Gasteiger partial charge in [-0.2, -0.15) is 10.5 Å². The number of benzene rings is 2. The second kappa shape index (κ2) is 11.8. The van der Waals surface area contributed by atoms with Crippen LogP contribution in [0.15, 0.2) is 72.3 Å². The zero-order valence-electron chi connectivity index (χ0n) is 24.7. The highest BCUT2D eigenvalue weighted by Crippen LogP contribution is 2.35. The first-order valence-corrected chi connectivity index (χ1v) is 14.0. The predicted octanol–water partition coefficient (Wildman–Crippen LogP) is 5.66. The van der Waals surface area contributed by atoms with Crippen molar-refractivity contribution in [3.63, 3.8) is 0 Å². The summed E-state index contributed by atoms with van der Waals surface area (Å²) in [4.78, 5) is 16.9. The smallest absolute Gasteiger partial charge is 0.250 e. The average Bonchev–Trinajstić information content (AvgIpc) is 3.47. The van der Waals surface area contributed by atoms with Crippen molar-refractivity contribution in [2.45, 2.75) is 39.8 Å². The molecule has 5 aromatic rings. The van der Waals surface area contributed by atoms with Gasteiger partial charge in [0.25, 0.3) is 5.56 Å². The Morgan fingerprint density at radius 2 is 1.88 bits per heavy atom. The molecule has 0 aliphatic heterocycles. The third kappa shape index (κ3) is 5.95. The van der Waals surface area contributed by atoms with Crippen LogP contribution in [0.3, 0.4) is 0 Å². The largest absolute Gasteiger partial charge is 0.383 e. The number of hydrogen-bond acceptors (Lipinski definition) is 8. The first-order chi connectivity index (χ1) is 20.6. The van der Waals surface area contributed by atoms with Crippen molar-refractivity contribution in [2.75, 3.05) is 17.2 Å². The molecule has 0 aliphatic carbocycles. The van der Waals surface area contributed by atoms with Crippen molar-refractivity contribution in [3.8, 4) is 12.1 Å². The number of hydrogen-bond donors (Lipinski definition) is 2. The highest BCUT2D eigenvalue weighted by Gasteiger charge is 2.23. The number of allylic oxidation sites excluding steroid dienone is 1. The molecule has 2 aromatic carbocycles. The number of fused-ring (bicyclic) bond motifs is 2. The minimum Gasteiger partial charge on any atom is -0.383 e. The van der Waals surface area contributed by atoms with Gasteiger partial charge in [-0.05, 0) is 41.7 Å². The Morgan fingerprint density at radius 3 is 2.60 bits per heavy atom. The lowest BCUT2D eigenvalue weighted by Gasteiger charge is -2.23. The standard InChI is InChI=1S/C33H33N9O/c1-6-7-13-42-19-27(39-40-42)32(25-9-8-10-28-24(25)11-12-29(43)41(28)5)38-23-14-21(16-34)30-26(15-23)31(22(17-35)18-36-30)37-20-33(2,3)4/h6,8-12,14-15,18-19,32,38H,1,7,13,20H2,2-5H3,(H,36,37)/t32-/m0/s1. The van der Waals surface area contributed by atoms with Crippen LogP contribution in [0.1, 0.15) is 55.6 Å². The number of aromatic nitrogens is 5. The third-order valence-corrected chi connectivity index (χ3v) is 7.25. The Bertz CT molecular complexity index is 1980. The van der Waals surface area contributed by atoms with Crippen LogP contribution < -0.4 is 16.2 Å². The number of pyridine rings is 2. The molecule has 0 unspecified atom stereocenters. The summed E-state index contributed by atoms with van der Waals surface area (Å²) in [5.74, 6) is 0. The molecule has 1 atom stereocenters. The van der Waals surface area contributed by atoms with Gasteiger partial charge in [-0.15, -0.1) is 11.7 Å². The molecule has 0 amide bonds. The molecule has 43 heavy (non-hydrogen) atoms. The Balaban J connectivity index is 1.69. The van der Waals surface area contributed by atoms with Gasteiger partial charge in [0, 0.05) is 48.9 Å². The van der Waals surface area contributed by atoms with Crippen LogP contribution in [-0.2, 0) is 13.6 Å². The van der Waals surface area contributed by atoms with Gasteiger partial charge in [0.1, 0.15) is 17.8 Å². The summed E-state index contributed by atoms with van der Waals surface area (Å²) in [6.07, 6.45) is 5.97. The molecule has 0 fully saturated rings. The fourth-order valence-corrected chi connectivity index (χ4v) is 5.04. The number of nitrogens with one attached hydrogen (secondary N) is 2. The van der Waals surface area contributed by atoms with E-state index in [0.29, 0.717) is 52.2 Å². The monoisotopic (exact) mass is 571 g/mol. The molecule has 216 valence electrons. The van der Waals surface area contributed by atoms with Crippen LogP contribution in [0.4, 0.5) is 11.4 Å².